The van der Waals surface area contributed by atoms with Crippen LogP contribution in [0, 0.1) is 16.7 Å². The molecule has 11 atom stereocenters. The predicted octanol–water partition coefficient (Wildman–Crippen LogP) is 4.43. The van der Waals surface area contributed by atoms with Gasteiger partial charge in [-0.25, -0.2) is 9.59 Å². The average Bonchev–Trinajstić information content (AvgIpc) is 3.26. The molecule has 1 aliphatic heterocycles. The van der Waals surface area contributed by atoms with Crippen molar-refractivity contribution in [1.82, 2.24) is 5.32 Å². The molecule has 2 bridgehead atoms. The fourth-order valence-corrected chi connectivity index (χ4v) is 10.5. The first-order chi connectivity index (χ1) is 30.3. The number of carbonyl (C=O) groups excluding carboxylic acids is 6. The van der Waals surface area contributed by atoms with Gasteiger partial charge in [-0.1, -0.05) is 87.4 Å². The number of hydrogen-bond donors (Lipinski definition) is 3. The van der Waals surface area contributed by atoms with Crippen molar-refractivity contribution < 1.29 is 67.3 Å². The summed E-state index contributed by atoms with van der Waals surface area (Å²) in [7, 11) is 1.39. The molecule has 0 aromatic heterocycles. The Balaban J connectivity index is 1.41. The van der Waals surface area contributed by atoms with E-state index in [0.717, 1.165) is 6.92 Å². The van der Waals surface area contributed by atoms with Crippen molar-refractivity contribution in [3.63, 3.8) is 0 Å². The summed E-state index contributed by atoms with van der Waals surface area (Å²) in [4.78, 5) is 84.4. The molecule has 3 aromatic rings. The zero-order valence-corrected chi connectivity index (χ0v) is 36.8. The van der Waals surface area contributed by atoms with Gasteiger partial charge in [0.05, 0.1) is 35.6 Å². The molecule has 1 amide bonds. The summed E-state index contributed by atoms with van der Waals surface area (Å²) >= 11 is 0. The second-order valence-corrected chi connectivity index (χ2v) is 17.7. The van der Waals surface area contributed by atoms with Gasteiger partial charge in [0, 0.05) is 37.7 Å². The number of aliphatic hydroxyl groups is 2. The van der Waals surface area contributed by atoms with Gasteiger partial charge in [-0.05, 0) is 54.8 Å². The highest BCUT2D eigenvalue weighted by atomic mass is 16.6. The fourth-order valence-electron chi connectivity index (χ4n) is 10.5. The van der Waals surface area contributed by atoms with Crippen LogP contribution in [0.1, 0.15) is 86.7 Å². The van der Waals surface area contributed by atoms with Crippen LogP contribution in [0.5, 0.6) is 0 Å². The molecule has 3 N–H and O–H groups in total. The topological polar surface area (TPSA) is 210 Å². The molecule has 15 nitrogen and oxygen atoms in total. The van der Waals surface area contributed by atoms with E-state index in [1.807, 2.05) is 0 Å². The molecule has 1 saturated heterocycles. The second kappa shape index (κ2) is 17.7. The Kier molecular flexibility index (Phi) is 12.8. The van der Waals surface area contributed by atoms with Crippen molar-refractivity contribution in [3.8, 4) is 0 Å². The normalized spacial score (nSPS) is 31.2. The Morgan fingerprint density at radius 3 is 1.98 bits per heavy atom. The molecule has 0 spiro atoms. The van der Waals surface area contributed by atoms with Crippen LogP contribution in [0.3, 0.4) is 0 Å². The highest BCUT2D eigenvalue weighted by Crippen LogP contribution is 2.65. The zero-order chi connectivity index (χ0) is 46.4. The van der Waals surface area contributed by atoms with Crippen LogP contribution in [0.2, 0.25) is 6.82 Å². The van der Waals surface area contributed by atoms with Crippen LogP contribution >= 0.6 is 0 Å². The Morgan fingerprint density at radius 1 is 0.844 bits per heavy atom. The van der Waals surface area contributed by atoms with E-state index in [1.165, 1.54) is 26.5 Å². The highest BCUT2D eigenvalue weighted by Gasteiger charge is 2.78. The lowest BCUT2D eigenvalue weighted by atomic mass is 9.44. The number of rotatable bonds is 12. The molecule has 64 heavy (non-hydrogen) atoms. The number of ether oxygens (including phenoxy) is 5. The summed E-state index contributed by atoms with van der Waals surface area (Å²) in [5.41, 5.74) is -6.53. The number of esters is 4. The number of benzene rings is 3. The van der Waals surface area contributed by atoms with Crippen LogP contribution < -0.4 is 5.32 Å². The van der Waals surface area contributed by atoms with Gasteiger partial charge in [0.1, 0.15) is 23.9 Å². The highest BCUT2D eigenvalue weighted by molar-refractivity contribution is 6.25. The van der Waals surface area contributed by atoms with Crippen LogP contribution in [-0.4, -0.2) is 108 Å². The summed E-state index contributed by atoms with van der Waals surface area (Å²) < 4.78 is 37.1. The van der Waals surface area contributed by atoms with Crippen LogP contribution in [0.15, 0.2) is 102 Å². The number of ketones is 1. The van der Waals surface area contributed by atoms with Crippen molar-refractivity contribution in [3.05, 3.63) is 119 Å². The van der Waals surface area contributed by atoms with Gasteiger partial charge in [-0.2, -0.15) is 0 Å². The van der Waals surface area contributed by atoms with Crippen molar-refractivity contribution in [2.45, 2.75) is 115 Å². The number of amides is 1. The first kappa shape index (κ1) is 46.3. The number of aliphatic hydroxyl groups excluding tert-OH is 1. The monoisotopic (exact) mass is 878 g/mol. The van der Waals surface area contributed by atoms with Gasteiger partial charge in [-0.15, -0.1) is 0 Å². The minimum atomic E-state index is -2.35. The summed E-state index contributed by atoms with van der Waals surface area (Å²) in [6.45, 7) is 9.99. The van der Waals surface area contributed by atoms with E-state index in [1.54, 1.807) is 113 Å². The summed E-state index contributed by atoms with van der Waals surface area (Å²) in [6, 6.07) is 23.2. The van der Waals surface area contributed by atoms with Crippen LogP contribution in [0.4, 0.5) is 0 Å². The molecule has 4 aliphatic rings. The van der Waals surface area contributed by atoms with E-state index >= 15 is 4.79 Å². The molecular formula is C48H53BNO14. The smallest absolute Gasteiger partial charge is 0.338 e. The lowest BCUT2D eigenvalue weighted by Crippen LogP contribution is -2.82. The van der Waals surface area contributed by atoms with Crippen molar-refractivity contribution >= 4 is 43.0 Å². The minimum absolute atomic E-state index is 0.0177. The standard InChI is InChI=1S/C48H53BNO14/c1-26-32(61-44(57)37(53)36(29-17-11-8-12-18-29)50-42(55)30-19-13-9-14-20-30)24-48(58)41(62-43(56)31-21-15-10-16-22-31)39-46(6,40(54)38(60-27(2)51)35(26)45(48,4)5)33(64-49-7)23-34-47(39,25-59-34)63-28(3)52/h8-22,32-34,36-39,41,53,58H,23-25H2,1-7H3,(H,50,55)/t32-,33-,34+,36-,37+,38+,39-,41-,46+,47-,48+/m0/s1. The van der Waals surface area contributed by atoms with Crippen LogP contribution in [0.25, 0.3) is 0 Å². The molecule has 0 unspecified atom stereocenters. The lowest BCUT2D eigenvalue weighted by molar-refractivity contribution is -0.344. The molecule has 3 aromatic carbocycles. The molecule has 7 rings (SSSR count). The average molecular weight is 879 g/mol. The lowest BCUT2D eigenvalue weighted by Gasteiger charge is -2.68. The first-order valence-corrected chi connectivity index (χ1v) is 21.3. The third-order valence-electron chi connectivity index (χ3n) is 13.7. The van der Waals surface area contributed by atoms with Gasteiger partial charge < -0.3 is 43.9 Å². The molecule has 3 fully saturated rings. The SMILES string of the molecule is C[B]O[C@H]1C[C@H]2OC[C@@]2(OC(C)=O)[C@H]2[C@H](OC(=O)c3ccccc3)[C@]3(O)C[C@H](OC(=O)[C@H](O)[C@@H](NC(=O)c4ccccc4)c4ccccc4)C(C)=C([C@@H](OC(C)=O)C(=O)[C@]12C)C3(C)C. The Labute approximate surface area is 372 Å². The number of Topliss-reactive ketones (excluding diaryl/α,β-unsaturated/α-hetero) is 1. The summed E-state index contributed by atoms with van der Waals surface area (Å²) in [6.07, 6.45) is -9.46. The van der Waals surface area contributed by atoms with Crippen molar-refractivity contribution in [2.24, 2.45) is 16.7 Å². The maximum absolute atomic E-state index is 15.8. The van der Waals surface area contributed by atoms with E-state index in [-0.39, 0.29) is 35.3 Å². The minimum Gasteiger partial charge on any atom is -0.456 e. The number of nitrogens with one attached hydrogen (secondary N) is 1. The predicted molar refractivity (Wildman–Crippen MR) is 228 cm³/mol. The van der Waals surface area contributed by atoms with E-state index in [4.69, 9.17) is 28.3 Å². The van der Waals surface area contributed by atoms with Crippen LogP contribution in [-0.2, 0) is 47.5 Å². The molecule has 3 aliphatic carbocycles. The number of hydrogen-bond acceptors (Lipinski definition) is 14. The maximum atomic E-state index is 15.8. The number of carbonyl (C=O) groups is 6. The third kappa shape index (κ3) is 7.84. The van der Waals surface area contributed by atoms with Gasteiger partial charge in [0.2, 0.25) is 0 Å². The maximum Gasteiger partial charge on any atom is 0.338 e. The van der Waals surface area contributed by atoms with Crippen molar-refractivity contribution in [2.75, 3.05) is 6.61 Å². The largest absolute Gasteiger partial charge is 0.456 e. The second-order valence-electron chi connectivity index (χ2n) is 17.7. The molecule has 16 heteroatoms. The Morgan fingerprint density at radius 2 is 1.44 bits per heavy atom. The third-order valence-corrected chi connectivity index (χ3v) is 13.7. The Bertz CT molecular complexity index is 2320. The number of fused-ring (bicyclic) bond motifs is 5. The van der Waals surface area contributed by atoms with E-state index < -0.39 is 113 Å². The molecule has 1 heterocycles. The summed E-state index contributed by atoms with van der Waals surface area (Å²) in [5, 5.41) is 28.4. The van der Waals surface area contributed by atoms with E-state index in [0.29, 0.717) is 5.56 Å². The quantitative estimate of drug-likeness (QED) is 0.0996. The Hall–Kier alpha value is -5.68. The fraction of sp³-hybridized carbons (Fsp3) is 0.458. The van der Waals surface area contributed by atoms with Crippen molar-refractivity contribution in [1.29, 1.82) is 0 Å². The molecule has 1 radical (unpaired) electrons. The van der Waals surface area contributed by atoms with E-state index in [2.05, 4.69) is 5.32 Å². The zero-order valence-electron chi connectivity index (χ0n) is 36.8. The van der Waals surface area contributed by atoms with Gasteiger partial charge in [0.15, 0.2) is 23.6 Å². The van der Waals surface area contributed by atoms with E-state index in [9.17, 15) is 34.2 Å². The van der Waals surface area contributed by atoms with Gasteiger partial charge in [-0.3, -0.25) is 19.2 Å². The molecule has 2 saturated carbocycles. The molecular weight excluding hydrogens is 825 g/mol. The summed E-state index contributed by atoms with van der Waals surface area (Å²) in [5.74, 6) is -6.44. The van der Waals surface area contributed by atoms with Gasteiger partial charge >= 0.3 is 23.9 Å². The molecule has 337 valence electrons. The van der Waals surface area contributed by atoms with Gasteiger partial charge in [0.25, 0.3) is 13.4 Å². The first-order valence-electron chi connectivity index (χ1n) is 21.3.